The molecule has 4 nitrogen and oxygen atoms in total. The van der Waals surface area contributed by atoms with Crippen LogP contribution in [0.1, 0.15) is 5.56 Å². The van der Waals surface area contributed by atoms with E-state index in [1.165, 1.54) is 0 Å². The summed E-state index contributed by atoms with van der Waals surface area (Å²) in [5.41, 5.74) is 2.08. The molecule has 0 aliphatic heterocycles. The van der Waals surface area contributed by atoms with Gasteiger partial charge in [0.15, 0.2) is 5.82 Å². The first kappa shape index (κ1) is 14.2. The summed E-state index contributed by atoms with van der Waals surface area (Å²) in [5, 5.41) is 11.4. The van der Waals surface area contributed by atoms with Crippen molar-refractivity contribution in [1.82, 2.24) is 14.9 Å². The molecule has 0 aliphatic carbocycles. The molecule has 0 spiro atoms. The molecular weight excluding hydrogens is 292 g/mol. The number of nitrogens with one attached hydrogen (secondary N) is 1. The lowest BCUT2D eigenvalue weighted by molar-refractivity contribution is 0.872. The lowest BCUT2D eigenvalue weighted by Crippen LogP contribution is -1.93. The highest BCUT2D eigenvalue weighted by Gasteiger charge is 2.06. The van der Waals surface area contributed by atoms with Gasteiger partial charge in [0.05, 0.1) is 0 Å². The molecule has 0 unspecified atom stereocenters. The topological polar surface area (TPSA) is 46.0 Å². The molecule has 0 saturated heterocycles. The zero-order valence-corrected chi connectivity index (χ0v) is 12.6. The van der Waals surface area contributed by atoms with Gasteiger partial charge in [0.2, 0.25) is 4.77 Å². The Bertz CT molecular complexity index is 845. The van der Waals surface area contributed by atoms with E-state index >= 15 is 0 Å². The second-order valence-corrected chi connectivity index (χ2v) is 4.95. The van der Waals surface area contributed by atoms with Crippen LogP contribution in [-0.4, -0.2) is 21.1 Å². The van der Waals surface area contributed by atoms with Gasteiger partial charge in [-0.1, -0.05) is 66.7 Å². The van der Waals surface area contributed by atoms with Crippen LogP contribution in [0.4, 0.5) is 0 Å². The fraction of sp³-hybridized carbons (Fsp3) is 0. The lowest BCUT2D eigenvalue weighted by atomic mass is 10.2. The summed E-state index contributed by atoms with van der Waals surface area (Å²) < 4.78 is 2.07. The van der Waals surface area contributed by atoms with Crippen molar-refractivity contribution in [1.29, 1.82) is 0 Å². The molecule has 0 aliphatic rings. The van der Waals surface area contributed by atoms with Crippen molar-refractivity contribution < 1.29 is 0 Å². The Kier molecular flexibility index (Phi) is 4.36. The Morgan fingerprint density at radius 2 is 1.68 bits per heavy atom. The highest BCUT2D eigenvalue weighted by Crippen LogP contribution is 2.16. The van der Waals surface area contributed by atoms with E-state index in [1.807, 2.05) is 72.8 Å². The van der Waals surface area contributed by atoms with Crippen molar-refractivity contribution in [3.05, 3.63) is 77.1 Å². The summed E-state index contributed by atoms with van der Waals surface area (Å²) in [4.78, 5) is 0. The normalized spacial score (nSPS) is 11.5. The zero-order chi connectivity index (χ0) is 15.2. The molecule has 5 heteroatoms. The third-order valence-corrected chi connectivity index (χ3v) is 3.30. The molecule has 0 fully saturated rings. The summed E-state index contributed by atoms with van der Waals surface area (Å²) in [6, 6.07) is 19.9. The van der Waals surface area contributed by atoms with E-state index in [-0.39, 0.29) is 0 Å². The Morgan fingerprint density at radius 3 is 2.41 bits per heavy atom. The number of H-pyrrole nitrogens is 1. The van der Waals surface area contributed by atoms with Gasteiger partial charge < -0.3 is 0 Å². The van der Waals surface area contributed by atoms with E-state index in [2.05, 4.69) is 15.3 Å². The molecular formula is C17H14N4S. The van der Waals surface area contributed by atoms with Crippen molar-refractivity contribution >= 4 is 24.5 Å². The maximum absolute atomic E-state index is 5.22. The van der Waals surface area contributed by atoms with Gasteiger partial charge in [-0.2, -0.15) is 14.9 Å². The van der Waals surface area contributed by atoms with Gasteiger partial charge in [-0.15, -0.1) is 0 Å². The van der Waals surface area contributed by atoms with Crippen LogP contribution in [-0.2, 0) is 0 Å². The molecule has 1 heterocycles. The van der Waals surface area contributed by atoms with Crippen LogP contribution in [0.5, 0.6) is 0 Å². The fourth-order valence-electron chi connectivity index (χ4n) is 2.00. The minimum absolute atomic E-state index is 0.461. The van der Waals surface area contributed by atoms with E-state index < -0.39 is 0 Å². The molecule has 3 aromatic rings. The molecule has 0 saturated carbocycles. The third-order valence-electron chi connectivity index (χ3n) is 3.04. The summed E-state index contributed by atoms with van der Waals surface area (Å²) in [5.74, 6) is 0.690. The molecule has 0 radical (unpaired) electrons. The molecule has 1 N–H and O–H groups in total. The van der Waals surface area contributed by atoms with Gasteiger partial charge in [0.25, 0.3) is 0 Å². The van der Waals surface area contributed by atoms with Crippen LogP contribution in [0.15, 0.2) is 71.8 Å². The van der Waals surface area contributed by atoms with Crippen LogP contribution in [0, 0.1) is 4.77 Å². The first-order valence-electron chi connectivity index (χ1n) is 6.83. The van der Waals surface area contributed by atoms with Crippen LogP contribution in [0.3, 0.4) is 0 Å². The monoisotopic (exact) mass is 306 g/mol. The SMILES string of the molecule is S=c1[nH]nc(-c2ccccc2)n1N=CC=Cc1ccccc1. The highest BCUT2D eigenvalue weighted by atomic mass is 32.1. The quantitative estimate of drug-likeness (QED) is 0.581. The largest absolute Gasteiger partial charge is 0.250 e. The van der Waals surface area contributed by atoms with Crippen LogP contribution in [0.25, 0.3) is 17.5 Å². The van der Waals surface area contributed by atoms with E-state index in [0.29, 0.717) is 10.6 Å². The first-order valence-corrected chi connectivity index (χ1v) is 7.24. The smallest absolute Gasteiger partial charge is 0.216 e. The molecule has 0 bridgehead atoms. The van der Waals surface area contributed by atoms with Gasteiger partial charge >= 0.3 is 0 Å². The maximum atomic E-state index is 5.22. The maximum Gasteiger partial charge on any atom is 0.216 e. The Morgan fingerprint density at radius 1 is 1.00 bits per heavy atom. The number of hydrogen-bond donors (Lipinski definition) is 1. The standard InChI is InChI=1S/C17H14N4S/c22-17-20-19-16(15-11-5-2-6-12-15)21(17)18-13-7-10-14-8-3-1-4-9-14/h1-13H,(H,20,22). The average molecular weight is 306 g/mol. The van der Waals surface area contributed by atoms with Gasteiger partial charge in [0, 0.05) is 11.8 Å². The molecule has 2 aromatic carbocycles. The second-order valence-electron chi connectivity index (χ2n) is 4.56. The number of aromatic amines is 1. The fourth-order valence-corrected chi connectivity index (χ4v) is 2.18. The predicted molar refractivity (Wildman–Crippen MR) is 92.2 cm³/mol. The number of hydrogen-bond acceptors (Lipinski definition) is 3. The second kappa shape index (κ2) is 6.78. The molecule has 22 heavy (non-hydrogen) atoms. The third kappa shape index (κ3) is 3.27. The highest BCUT2D eigenvalue weighted by molar-refractivity contribution is 7.71. The number of rotatable bonds is 4. The van der Waals surface area contributed by atoms with Crippen LogP contribution >= 0.6 is 12.2 Å². The van der Waals surface area contributed by atoms with Crippen LogP contribution in [0.2, 0.25) is 0 Å². The van der Waals surface area contributed by atoms with Crippen molar-refractivity contribution in [3.63, 3.8) is 0 Å². The van der Waals surface area contributed by atoms with E-state index in [1.54, 1.807) is 10.9 Å². The molecule has 0 amide bonds. The van der Waals surface area contributed by atoms with E-state index in [4.69, 9.17) is 12.2 Å². The number of aromatic nitrogens is 3. The lowest BCUT2D eigenvalue weighted by Gasteiger charge is -1.99. The molecule has 108 valence electrons. The summed E-state index contributed by atoms with van der Waals surface area (Å²) in [7, 11) is 0. The number of benzene rings is 2. The minimum Gasteiger partial charge on any atom is -0.250 e. The number of allylic oxidation sites excluding steroid dienone is 1. The summed E-state index contributed by atoms with van der Waals surface area (Å²) in [6.07, 6.45) is 5.55. The van der Waals surface area contributed by atoms with Gasteiger partial charge in [-0.25, -0.2) is 5.10 Å². The van der Waals surface area contributed by atoms with Gasteiger partial charge in [-0.05, 0) is 23.9 Å². The van der Waals surface area contributed by atoms with Gasteiger partial charge in [-0.3, -0.25) is 0 Å². The Labute approximate surface area is 133 Å². The van der Waals surface area contributed by atoms with E-state index in [9.17, 15) is 0 Å². The van der Waals surface area contributed by atoms with Crippen molar-refractivity contribution in [2.45, 2.75) is 0 Å². The molecule has 0 atom stereocenters. The van der Waals surface area contributed by atoms with Crippen molar-refractivity contribution in [2.75, 3.05) is 0 Å². The Balaban J connectivity index is 1.84. The summed E-state index contributed by atoms with van der Waals surface area (Å²) in [6.45, 7) is 0. The minimum atomic E-state index is 0.461. The summed E-state index contributed by atoms with van der Waals surface area (Å²) >= 11 is 5.22. The number of nitrogens with zero attached hydrogens (tertiary/aromatic N) is 3. The van der Waals surface area contributed by atoms with Crippen molar-refractivity contribution in [3.8, 4) is 11.4 Å². The zero-order valence-electron chi connectivity index (χ0n) is 11.8. The van der Waals surface area contributed by atoms with E-state index in [0.717, 1.165) is 11.1 Å². The first-order chi connectivity index (χ1) is 10.8. The van der Waals surface area contributed by atoms with Gasteiger partial charge in [0.1, 0.15) is 0 Å². The predicted octanol–water partition coefficient (Wildman–Crippen LogP) is 4.15. The molecule has 3 rings (SSSR count). The van der Waals surface area contributed by atoms with Crippen LogP contribution < -0.4 is 0 Å². The molecule has 1 aromatic heterocycles. The van der Waals surface area contributed by atoms with Crippen molar-refractivity contribution in [2.24, 2.45) is 5.10 Å². The Hall–Kier alpha value is -2.79. The average Bonchev–Trinajstić information content (AvgIpc) is 2.94.